The number of phenolic OH excluding ortho intramolecular Hbond substituents is 1. The molecule has 15 atom stereocenters. The number of carbonyl (C=O) groups is 19. The summed E-state index contributed by atoms with van der Waals surface area (Å²) in [7, 11) is 3.74. The summed E-state index contributed by atoms with van der Waals surface area (Å²) in [6.45, 7) is 3.01. The fourth-order valence-electron chi connectivity index (χ4n) is 17.6. The zero-order valence-corrected chi connectivity index (χ0v) is 81.2. The number of aliphatic hydroxyl groups excluding tert-OH is 1. The highest BCUT2D eigenvalue weighted by Crippen LogP contribution is 2.29. The predicted molar refractivity (Wildman–Crippen MR) is 516 cm³/mol. The molecule has 9 rings (SSSR count). The number of hydrogen-bond donors (Lipinski definition) is 20. The van der Waals surface area contributed by atoms with E-state index in [9.17, 15) is 78.3 Å². The van der Waals surface area contributed by atoms with Gasteiger partial charge in [-0.3, -0.25) is 91.1 Å². The first kappa shape index (κ1) is 112. The fraction of sp³-hybridized carbons (Fsp3) is 0.537. The molecule has 772 valence electrons. The van der Waals surface area contributed by atoms with Crippen LogP contribution in [0.2, 0.25) is 0 Å². The van der Waals surface area contributed by atoms with Gasteiger partial charge in [-0.05, 0) is 132 Å². The maximum atomic E-state index is 16.1. The van der Waals surface area contributed by atoms with Crippen molar-refractivity contribution in [2.75, 3.05) is 65.4 Å². The Morgan fingerprint density at radius 2 is 1.08 bits per heavy atom. The van der Waals surface area contributed by atoms with E-state index in [1.165, 1.54) is 75.6 Å². The maximum absolute atomic E-state index is 16.1. The molecule has 142 heavy (non-hydrogen) atoms. The lowest BCUT2D eigenvalue weighted by Crippen LogP contribution is -2.61. The number of carboxylic acids is 3. The number of amides is 16. The number of aromatic hydroxyl groups is 1. The molecule has 46 nitrogen and oxygen atoms in total. The Hall–Kier alpha value is -14.1. The van der Waals surface area contributed by atoms with Crippen LogP contribution in [0.25, 0.3) is 21.8 Å². The van der Waals surface area contributed by atoms with Gasteiger partial charge in [-0.25, -0.2) is 4.98 Å². The molecule has 0 spiro atoms. The number of nitrogens with two attached hydrogens (primary N) is 3. The minimum atomic E-state index is -1.93. The molecule has 0 unspecified atom stereocenters. The van der Waals surface area contributed by atoms with Gasteiger partial charge in [0.05, 0.1) is 31.1 Å². The first-order valence-corrected chi connectivity index (χ1v) is 48.8. The molecule has 3 saturated heterocycles. The van der Waals surface area contributed by atoms with Crippen LogP contribution in [0.3, 0.4) is 0 Å². The standard InChI is InChI=1S/C95H132N22O24S/c1-7-9-25-73-88(134)105-64(33-34-79(122)123)85(131)111-71(83(129)101-46-77(98)120)50-142-51-78(121)103-68(38-54-29-31-58(118)32-30-54)91(137)112(4)53(3)82(128)109-70(43-80(124)125)94(140)116-37-19-28-74(116)89(135)108-67(41-57-45-99-52-102-57)87(133)106-65(24-16-18-36-97)93(139)117-48-59(119)42-76(117)90(136)107-66(39-55-44-100-62-22-13-11-20-60(55)62)86(132)104-63(23-15-17-35-96)84(130)110-69(92(138)114(6)75(26-10-8-2)95(141)113(73)5)40-56-47-115(49-81(126)127)72-27-14-12-21-61(56)72/h11-14,20-22,27,29-32,44-45,47,52-53,59,63-71,73-76,100,118-119H,7-10,15-19,23-26,28,33-43,46,48-51,96-97H2,1-6H3,(H2,98,120)(H,99,102)(H,101,129)(H,103,121)(H,104,132)(H,105,134)(H,106,133)(H,107,136)(H,108,135)(H,109,128)(H,110,130)(H,111,131)(H,122,123)(H,124,125)(H,126,127)/t53-,59+,63-,64-,65-,66-,67-,68-,69-,70+,71-,73-,74-,75-,76-/m0/s1. The van der Waals surface area contributed by atoms with Crippen LogP contribution < -0.4 is 70.4 Å². The fourth-order valence-corrected chi connectivity index (χ4v) is 18.4. The number of likely N-dealkylation sites (N-methyl/N-ethyl adjacent to an activating group) is 3. The Morgan fingerprint density at radius 3 is 1.72 bits per heavy atom. The summed E-state index contributed by atoms with van der Waals surface area (Å²) in [4.78, 5) is 292. The summed E-state index contributed by atoms with van der Waals surface area (Å²) in [6, 6.07) is -3.71. The summed E-state index contributed by atoms with van der Waals surface area (Å²) in [5, 5.41) is 79.7. The number of rotatable bonds is 32. The summed E-state index contributed by atoms with van der Waals surface area (Å²) >= 11 is 0.687. The number of primary amides is 1. The lowest BCUT2D eigenvalue weighted by atomic mass is 9.99. The molecule has 6 heterocycles. The molecule has 3 aromatic carbocycles. The van der Waals surface area contributed by atoms with E-state index >= 15 is 38.4 Å². The van der Waals surface area contributed by atoms with Gasteiger partial charge >= 0.3 is 17.9 Å². The number of imidazole rings is 1. The van der Waals surface area contributed by atoms with Gasteiger partial charge in [0.2, 0.25) is 94.5 Å². The second kappa shape index (κ2) is 54.1. The number of H-pyrrole nitrogens is 2. The van der Waals surface area contributed by atoms with Crippen LogP contribution in [0.1, 0.15) is 159 Å². The number of nitrogens with zero attached hydrogens (tertiary/aromatic N) is 7. The third kappa shape index (κ3) is 31.5. The largest absolute Gasteiger partial charge is 0.508 e. The van der Waals surface area contributed by atoms with E-state index in [1.807, 2.05) is 6.92 Å². The van der Waals surface area contributed by atoms with Gasteiger partial charge in [-0.1, -0.05) is 88.1 Å². The Balaban J connectivity index is 1.14. The molecule has 3 aliphatic heterocycles. The molecular formula is C95H132N22O24S. The number of nitrogens with one attached hydrogen (secondary N) is 12. The molecule has 47 heteroatoms. The molecule has 0 aliphatic carbocycles. The smallest absolute Gasteiger partial charge is 0.323 e. The summed E-state index contributed by atoms with van der Waals surface area (Å²) in [5.41, 5.74) is 19.9. The van der Waals surface area contributed by atoms with Crippen molar-refractivity contribution < 1.29 is 117 Å². The lowest BCUT2D eigenvalue weighted by Gasteiger charge is -2.36. The number of para-hydroxylation sites is 2. The van der Waals surface area contributed by atoms with Crippen LogP contribution in [0.15, 0.2) is 97.7 Å². The highest BCUT2D eigenvalue weighted by molar-refractivity contribution is 8.00. The molecule has 6 aromatic rings. The molecule has 3 aromatic heterocycles. The van der Waals surface area contributed by atoms with E-state index in [4.69, 9.17) is 17.2 Å². The number of phenols is 1. The van der Waals surface area contributed by atoms with Crippen LogP contribution in [-0.2, 0) is 123 Å². The summed E-state index contributed by atoms with van der Waals surface area (Å²) in [5.74, 6) is -21.5. The maximum Gasteiger partial charge on any atom is 0.323 e. The van der Waals surface area contributed by atoms with Crippen LogP contribution in [0, 0.1) is 0 Å². The minimum absolute atomic E-state index is 0.0717. The van der Waals surface area contributed by atoms with Gasteiger partial charge < -0.3 is 135 Å². The van der Waals surface area contributed by atoms with Gasteiger partial charge in [0.1, 0.15) is 96.9 Å². The first-order valence-electron chi connectivity index (χ1n) is 47.6. The molecule has 0 radical (unpaired) electrons. The van der Waals surface area contributed by atoms with Crippen LogP contribution >= 0.6 is 11.8 Å². The molecule has 0 bridgehead atoms. The van der Waals surface area contributed by atoms with E-state index in [2.05, 4.69) is 68.1 Å². The quantitative estimate of drug-likeness (QED) is 0.0204. The van der Waals surface area contributed by atoms with Crippen molar-refractivity contribution in [3.05, 3.63) is 120 Å². The van der Waals surface area contributed by atoms with E-state index in [0.717, 1.165) is 24.5 Å². The number of aromatic amines is 2. The van der Waals surface area contributed by atoms with Gasteiger partial charge in [0.25, 0.3) is 0 Å². The number of unbranched alkanes of at least 4 members (excludes halogenated alkanes) is 4. The normalized spacial score (nSPS) is 24.1. The van der Waals surface area contributed by atoms with E-state index < -0.39 is 266 Å². The van der Waals surface area contributed by atoms with Gasteiger partial charge in [0, 0.05) is 125 Å². The number of thioether (sulfide) groups is 1. The van der Waals surface area contributed by atoms with Crippen molar-refractivity contribution in [2.45, 2.75) is 259 Å². The molecule has 16 amide bonds. The Morgan fingerprint density at radius 1 is 0.521 bits per heavy atom. The van der Waals surface area contributed by atoms with E-state index in [0.29, 0.717) is 69.5 Å². The SMILES string of the molecule is CCCC[C@H]1C(=O)N(C)[C@@H](CCCC)C(=O)N[C@@H](CCC(=O)O)C(=O)N[C@H](C(=O)NCC(N)=O)CSCC(=O)N[C@@H](Cc2ccc(O)cc2)C(=O)N(C)[C@@H](C)C(=O)N[C@H](CC(=O)O)C(=O)N2CCC[C@H]2C(=O)N[C@@H](Cc2cnc[nH]2)C(=O)N[C@@H](CCCCN)C(=O)N2C[C@H](O)C[C@H]2C(=O)N[C@@H](Cc2c[nH]c3ccccc23)C(=O)N[C@@H](CCCCN)C(=O)N[C@@H](Cc2cn(CC(=O)O)c3ccccc23)C(=O)N1C. The number of carboxylic acid groups (broad SMARTS) is 3. The lowest BCUT2D eigenvalue weighted by molar-refractivity contribution is -0.149. The van der Waals surface area contributed by atoms with Crippen molar-refractivity contribution in [3.8, 4) is 5.75 Å². The third-order valence-electron chi connectivity index (χ3n) is 25.5. The van der Waals surface area contributed by atoms with Crippen molar-refractivity contribution in [1.29, 1.82) is 0 Å². The summed E-state index contributed by atoms with van der Waals surface area (Å²) in [6.07, 6.45) is 1.87. The number of hydrogen-bond acceptors (Lipinski definition) is 25. The average molecular weight is 2000 g/mol. The minimum Gasteiger partial charge on any atom is -0.508 e. The van der Waals surface area contributed by atoms with Crippen molar-refractivity contribution in [3.63, 3.8) is 0 Å². The monoisotopic (exact) mass is 2000 g/mol. The van der Waals surface area contributed by atoms with Crippen LogP contribution in [0.4, 0.5) is 0 Å². The molecule has 3 fully saturated rings. The van der Waals surface area contributed by atoms with Crippen molar-refractivity contribution in [1.82, 2.24) is 97.2 Å². The van der Waals surface area contributed by atoms with Crippen LogP contribution in [-0.4, -0.2) is 338 Å². The van der Waals surface area contributed by atoms with Crippen LogP contribution in [0.5, 0.6) is 5.75 Å². The van der Waals surface area contributed by atoms with Gasteiger partial charge in [-0.15, -0.1) is 11.8 Å². The van der Waals surface area contributed by atoms with Gasteiger partial charge in [0.15, 0.2) is 0 Å². The first-order chi connectivity index (χ1) is 67.7. The predicted octanol–water partition coefficient (Wildman–Crippen LogP) is -1.95. The zero-order chi connectivity index (χ0) is 104. The molecule has 0 saturated carbocycles. The van der Waals surface area contributed by atoms with E-state index in [-0.39, 0.29) is 121 Å². The van der Waals surface area contributed by atoms with Crippen molar-refractivity contribution in [2.24, 2.45) is 17.2 Å². The zero-order valence-electron chi connectivity index (χ0n) is 80.4. The highest BCUT2D eigenvalue weighted by atomic mass is 32.2. The number of carbonyl (C=O) groups excluding carboxylic acids is 16. The Bertz CT molecular complexity index is 5460. The number of aliphatic hydroxyl groups is 1. The number of aliphatic carboxylic acids is 3. The van der Waals surface area contributed by atoms with Gasteiger partial charge in [-0.2, -0.15) is 0 Å². The van der Waals surface area contributed by atoms with Crippen molar-refractivity contribution >= 4 is 146 Å². The molecular weight excluding hydrogens is 1870 g/mol. The number of fused-ring (bicyclic) bond motifs is 4. The topological polar surface area (TPSA) is 689 Å². The van der Waals surface area contributed by atoms with E-state index in [1.54, 1.807) is 61.7 Å². The second-order valence-corrected chi connectivity index (χ2v) is 37.0. The average Bonchev–Trinajstić information content (AvgIpc) is 1.63. The highest BCUT2D eigenvalue weighted by Gasteiger charge is 2.47. The summed E-state index contributed by atoms with van der Waals surface area (Å²) < 4.78 is 1.42. The third-order valence-corrected chi connectivity index (χ3v) is 26.5. The molecule has 23 N–H and O–H groups in total. The Kier molecular flexibility index (Phi) is 42.5. The second-order valence-electron chi connectivity index (χ2n) is 35.9. The number of aromatic nitrogens is 4. The Labute approximate surface area is 823 Å². The molecule has 3 aliphatic rings. The number of benzene rings is 3.